The summed E-state index contributed by atoms with van der Waals surface area (Å²) < 4.78 is 5.86. The van der Waals surface area contributed by atoms with Crippen molar-refractivity contribution in [1.82, 2.24) is 10.2 Å². The fourth-order valence-corrected chi connectivity index (χ4v) is 4.27. The minimum Gasteiger partial charge on any atom is -0.484 e. The van der Waals surface area contributed by atoms with Gasteiger partial charge in [-0.25, -0.2) is 0 Å². The lowest BCUT2D eigenvalue weighted by Gasteiger charge is -2.32. The minimum absolute atomic E-state index is 0.0846. The van der Waals surface area contributed by atoms with E-state index in [1.807, 2.05) is 76.2 Å². The van der Waals surface area contributed by atoms with Crippen molar-refractivity contribution in [3.05, 3.63) is 99.0 Å². The van der Waals surface area contributed by atoms with Gasteiger partial charge in [-0.2, -0.15) is 0 Å². The van der Waals surface area contributed by atoms with E-state index in [1.54, 1.807) is 23.1 Å². The topological polar surface area (TPSA) is 58.6 Å². The Morgan fingerprint density at radius 2 is 1.67 bits per heavy atom. The Labute approximate surface area is 223 Å². The highest BCUT2D eigenvalue weighted by atomic mass is 35.5. The van der Waals surface area contributed by atoms with Gasteiger partial charge in [-0.15, -0.1) is 0 Å². The molecule has 5 nitrogen and oxygen atoms in total. The number of amides is 2. The number of hydrogen-bond donors (Lipinski definition) is 1. The number of hydrogen-bond acceptors (Lipinski definition) is 3. The molecule has 0 aliphatic heterocycles. The van der Waals surface area contributed by atoms with E-state index in [0.717, 1.165) is 16.7 Å². The lowest BCUT2D eigenvalue weighted by molar-refractivity contribution is -0.143. The molecule has 0 radical (unpaired) electrons. The van der Waals surface area contributed by atoms with E-state index >= 15 is 0 Å². The third-order valence-corrected chi connectivity index (χ3v) is 6.49. The molecule has 0 heterocycles. The summed E-state index contributed by atoms with van der Waals surface area (Å²) in [6, 6.07) is 19.6. The molecule has 0 aliphatic carbocycles. The van der Waals surface area contributed by atoms with Crippen LogP contribution in [0.4, 0.5) is 0 Å². The molecular formula is C29H32Cl2N2O3. The molecule has 3 aromatic rings. The van der Waals surface area contributed by atoms with E-state index in [4.69, 9.17) is 27.9 Å². The third kappa shape index (κ3) is 7.74. The van der Waals surface area contributed by atoms with Crippen molar-refractivity contribution >= 4 is 35.0 Å². The number of aryl methyl sites for hydroxylation is 2. The average Bonchev–Trinajstić information content (AvgIpc) is 2.83. The van der Waals surface area contributed by atoms with Gasteiger partial charge in [0.25, 0.3) is 5.91 Å². The van der Waals surface area contributed by atoms with Gasteiger partial charge in [0, 0.05) is 29.1 Å². The normalized spacial score (nSPS) is 11.8. The van der Waals surface area contributed by atoms with Crippen LogP contribution in [0.2, 0.25) is 10.0 Å². The second-order valence-corrected chi connectivity index (χ2v) is 10.0. The molecule has 0 unspecified atom stereocenters. The predicted molar refractivity (Wildman–Crippen MR) is 146 cm³/mol. The van der Waals surface area contributed by atoms with E-state index in [2.05, 4.69) is 5.32 Å². The van der Waals surface area contributed by atoms with Crippen molar-refractivity contribution in [1.29, 1.82) is 0 Å². The van der Waals surface area contributed by atoms with Gasteiger partial charge in [0.2, 0.25) is 5.91 Å². The summed E-state index contributed by atoms with van der Waals surface area (Å²) in [5.41, 5.74) is 3.84. The highest BCUT2D eigenvalue weighted by molar-refractivity contribution is 6.35. The number of benzene rings is 3. The lowest BCUT2D eigenvalue weighted by atomic mass is 10.0. The van der Waals surface area contributed by atoms with Crippen molar-refractivity contribution < 1.29 is 14.3 Å². The van der Waals surface area contributed by atoms with Gasteiger partial charge < -0.3 is 15.0 Å². The van der Waals surface area contributed by atoms with Gasteiger partial charge in [0.15, 0.2) is 6.61 Å². The molecule has 0 aromatic heterocycles. The molecule has 7 heteroatoms. The summed E-state index contributed by atoms with van der Waals surface area (Å²) in [7, 11) is 0. The van der Waals surface area contributed by atoms with Crippen LogP contribution in [-0.4, -0.2) is 35.4 Å². The summed E-state index contributed by atoms with van der Waals surface area (Å²) >= 11 is 12.5. The fraction of sp³-hybridized carbons (Fsp3) is 0.310. The Balaban J connectivity index is 1.94. The molecule has 0 aliphatic rings. The molecule has 3 aromatic carbocycles. The summed E-state index contributed by atoms with van der Waals surface area (Å²) in [5, 5.41) is 3.89. The van der Waals surface area contributed by atoms with Crippen LogP contribution in [0.25, 0.3) is 0 Å². The summed E-state index contributed by atoms with van der Waals surface area (Å²) in [5.74, 6) is 0.0414. The summed E-state index contributed by atoms with van der Waals surface area (Å²) in [6.45, 7) is 7.71. The smallest absolute Gasteiger partial charge is 0.261 e. The standard InChI is InChI=1S/C29H32Cl2N2O3/c1-19(2)32-29(35)27(15-22-8-6-5-7-9-22)33(17-23-11-12-24(30)16-26(23)31)28(34)18-36-25-13-10-20(3)21(4)14-25/h5-14,16,19,27H,15,17-18H2,1-4H3,(H,32,35)/t27-/m0/s1. The number of carbonyl (C=O) groups is 2. The van der Waals surface area contributed by atoms with Gasteiger partial charge in [0.1, 0.15) is 11.8 Å². The van der Waals surface area contributed by atoms with Crippen LogP contribution in [0.1, 0.15) is 36.1 Å². The van der Waals surface area contributed by atoms with Crippen LogP contribution in [0.15, 0.2) is 66.7 Å². The number of ether oxygens (including phenoxy) is 1. The first kappa shape index (κ1) is 27.6. The van der Waals surface area contributed by atoms with E-state index < -0.39 is 6.04 Å². The van der Waals surface area contributed by atoms with Crippen LogP contribution in [-0.2, 0) is 22.6 Å². The van der Waals surface area contributed by atoms with E-state index in [9.17, 15) is 9.59 Å². The van der Waals surface area contributed by atoms with Gasteiger partial charge in [-0.1, -0.05) is 65.7 Å². The number of nitrogens with zero attached hydrogens (tertiary/aromatic N) is 1. The molecule has 0 bridgehead atoms. The molecule has 0 saturated heterocycles. The monoisotopic (exact) mass is 526 g/mol. The molecule has 190 valence electrons. The first-order chi connectivity index (χ1) is 17.1. The lowest BCUT2D eigenvalue weighted by Crippen LogP contribution is -2.52. The molecule has 3 rings (SSSR count). The maximum Gasteiger partial charge on any atom is 0.261 e. The van der Waals surface area contributed by atoms with Gasteiger partial charge in [-0.05, 0) is 74.2 Å². The second-order valence-electron chi connectivity index (χ2n) is 9.16. The van der Waals surface area contributed by atoms with Crippen molar-refractivity contribution in [3.63, 3.8) is 0 Å². The largest absolute Gasteiger partial charge is 0.484 e. The molecule has 2 amide bonds. The van der Waals surface area contributed by atoms with Crippen LogP contribution < -0.4 is 10.1 Å². The Hall–Kier alpha value is -3.02. The quantitative estimate of drug-likeness (QED) is 0.344. The Bertz CT molecular complexity index is 1200. The SMILES string of the molecule is Cc1ccc(OCC(=O)N(Cc2ccc(Cl)cc2Cl)[C@@H](Cc2ccccc2)C(=O)NC(C)C)cc1C. The Morgan fingerprint density at radius 1 is 0.944 bits per heavy atom. The molecule has 1 N–H and O–H groups in total. The average molecular weight is 527 g/mol. The van der Waals surface area contributed by atoms with Gasteiger partial charge >= 0.3 is 0 Å². The van der Waals surface area contributed by atoms with Crippen LogP contribution in [0.3, 0.4) is 0 Å². The fourth-order valence-electron chi connectivity index (χ4n) is 3.80. The van der Waals surface area contributed by atoms with Gasteiger partial charge in [0.05, 0.1) is 0 Å². The molecule has 0 saturated carbocycles. The van der Waals surface area contributed by atoms with Crippen LogP contribution in [0, 0.1) is 13.8 Å². The molecular weight excluding hydrogens is 495 g/mol. The first-order valence-electron chi connectivity index (χ1n) is 11.9. The zero-order valence-electron chi connectivity index (χ0n) is 21.1. The van der Waals surface area contributed by atoms with Crippen LogP contribution in [0.5, 0.6) is 5.75 Å². The van der Waals surface area contributed by atoms with Crippen LogP contribution >= 0.6 is 23.2 Å². The van der Waals surface area contributed by atoms with E-state index in [1.165, 1.54) is 0 Å². The van der Waals surface area contributed by atoms with E-state index in [-0.39, 0.29) is 31.0 Å². The maximum absolute atomic E-state index is 13.6. The second kappa shape index (κ2) is 12.8. The number of nitrogens with one attached hydrogen (secondary N) is 1. The van der Waals surface area contributed by atoms with Crippen molar-refractivity contribution in [3.8, 4) is 5.75 Å². The summed E-state index contributed by atoms with van der Waals surface area (Å²) in [4.78, 5) is 28.6. The van der Waals surface area contributed by atoms with Crippen molar-refractivity contribution in [2.24, 2.45) is 0 Å². The highest BCUT2D eigenvalue weighted by Gasteiger charge is 2.31. The van der Waals surface area contributed by atoms with Crippen molar-refractivity contribution in [2.45, 2.75) is 52.7 Å². The molecule has 36 heavy (non-hydrogen) atoms. The van der Waals surface area contributed by atoms with E-state index in [0.29, 0.717) is 27.8 Å². The highest BCUT2D eigenvalue weighted by Crippen LogP contribution is 2.24. The Morgan fingerprint density at radius 3 is 2.31 bits per heavy atom. The molecule has 0 fully saturated rings. The number of carbonyl (C=O) groups excluding carboxylic acids is 2. The minimum atomic E-state index is -0.766. The van der Waals surface area contributed by atoms with Gasteiger partial charge in [-0.3, -0.25) is 9.59 Å². The zero-order valence-corrected chi connectivity index (χ0v) is 22.6. The first-order valence-corrected chi connectivity index (χ1v) is 12.7. The maximum atomic E-state index is 13.6. The molecule has 1 atom stereocenters. The number of rotatable bonds is 10. The third-order valence-electron chi connectivity index (χ3n) is 5.90. The predicted octanol–water partition coefficient (Wildman–Crippen LogP) is 6.15. The van der Waals surface area contributed by atoms with Crippen molar-refractivity contribution in [2.75, 3.05) is 6.61 Å². The molecule has 0 spiro atoms. The summed E-state index contributed by atoms with van der Waals surface area (Å²) in [6.07, 6.45) is 0.347. The number of halogens is 2. The zero-order chi connectivity index (χ0) is 26.2. The Kier molecular flexibility index (Phi) is 9.80.